The Morgan fingerprint density at radius 2 is 2.43 bits per heavy atom. The number of rotatable bonds is 3. The molecule has 0 rings (SSSR count). The Morgan fingerprint density at radius 3 is 2.43 bits per heavy atom. The molecule has 1 unspecified atom stereocenters. The topological polar surface area (TPSA) is 55.2 Å². The minimum atomic E-state index is -0.0417. The van der Waals surface area contributed by atoms with Gasteiger partial charge in [0, 0.05) is 0 Å². The summed E-state index contributed by atoms with van der Waals surface area (Å²) in [6.07, 6.45) is 0. The van der Waals surface area contributed by atoms with Gasteiger partial charge in [0.25, 0.3) is 0 Å². The SMILES string of the molecule is CNC(CO)C[OH2+]. The van der Waals surface area contributed by atoms with Gasteiger partial charge in [-0.15, -0.1) is 0 Å². The van der Waals surface area contributed by atoms with Gasteiger partial charge in [0.15, 0.2) is 6.61 Å². The first-order valence-corrected chi connectivity index (χ1v) is 2.27. The molecule has 0 bridgehead atoms. The van der Waals surface area contributed by atoms with Gasteiger partial charge in [-0.3, -0.25) is 0 Å². The van der Waals surface area contributed by atoms with E-state index in [0.717, 1.165) is 0 Å². The summed E-state index contributed by atoms with van der Waals surface area (Å²) >= 11 is 0. The van der Waals surface area contributed by atoms with Crippen LogP contribution in [0.3, 0.4) is 0 Å². The van der Waals surface area contributed by atoms with Crippen LogP contribution in [0, 0.1) is 0 Å². The van der Waals surface area contributed by atoms with Gasteiger partial charge in [-0.05, 0) is 7.05 Å². The molecular formula is C4H12NO2+. The van der Waals surface area contributed by atoms with E-state index in [1.54, 1.807) is 7.05 Å². The van der Waals surface area contributed by atoms with E-state index in [0.29, 0.717) is 0 Å². The number of aliphatic hydroxyl groups excluding tert-OH is 1. The minimum Gasteiger partial charge on any atom is -0.444 e. The first-order valence-electron chi connectivity index (χ1n) is 2.27. The summed E-state index contributed by atoms with van der Waals surface area (Å²) in [4.78, 5) is 0. The largest absolute Gasteiger partial charge is 0.444 e. The first kappa shape index (κ1) is 6.88. The first-order chi connectivity index (χ1) is 3.35. The Morgan fingerprint density at radius 1 is 1.86 bits per heavy atom. The lowest BCUT2D eigenvalue weighted by Gasteiger charge is -2.03. The second-order valence-electron chi connectivity index (χ2n) is 1.37. The molecule has 0 spiro atoms. The van der Waals surface area contributed by atoms with E-state index < -0.39 is 0 Å². The van der Waals surface area contributed by atoms with Crippen molar-refractivity contribution in [3.63, 3.8) is 0 Å². The highest BCUT2D eigenvalue weighted by Gasteiger charge is 2.01. The van der Waals surface area contributed by atoms with Gasteiger partial charge in [0.1, 0.15) is 0 Å². The number of likely N-dealkylation sites (N-methyl/N-ethyl adjacent to an activating group) is 1. The fraction of sp³-hybridized carbons (Fsp3) is 1.00. The van der Waals surface area contributed by atoms with Crippen LogP contribution in [0.2, 0.25) is 0 Å². The van der Waals surface area contributed by atoms with Crippen molar-refractivity contribution in [2.45, 2.75) is 6.04 Å². The van der Waals surface area contributed by atoms with Crippen molar-refractivity contribution in [2.75, 3.05) is 20.3 Å². The summed E-state index contributed by atoms with van der Waals surface area (Å²) in [6.45, 7) is 0.299. The zero-order chi connectivity index (χ0) is 5.70. The Kier molecular flexibility index (Phi) is 3.98. The van der Waals surface area contributed by atoms with Gasteiger partial charge in [-0.25, -0.2) is 0 Å². The van der Waals surface area contributed by atoms with Crippen LogP contribution in [0.4, 0.5) is 0 Å². The molecule has 0 heterocycles. The van der Waals surface area contributed by atoms with E-state index >= 15 is 0 Å². The van der Waals surface area contributed by atoms with Crippen molar-refractivity contribution in [3.8, 4) is 0 Å². The number of hydrogen-bond acceptors (Lipinski definition) is 2. The van der Waals surface area contributed by atoms with Crippen LogP contribution < -0.4 is 5.32 Å². The van der Waals surface area contributed by atoms with Crippen molar-refractivity contribution in [2.24, 2.45) is 0 Å². The monoisotopic (exact) mass is 106 g/mol. The third-order valence-corrected chi connectivity index (χ3v) is 0.875. The summed E-state index contributed by atoms with van der Waals surface area (Å²) in [7, 11) is 1.73. The van der Waals surface area contributed by atoms with E-state index in [-0.39, 0.29) is 19.3 Å². The molecule has 0 amide bonds. The second-order valence-corrected chi connectivity index (χ2v) is 1.37. The molecule has 1 atom stereocenters. The molecule has 0 radical (unpaired) electrons. The van der Waals surface area contributed by atoms with Gasteiger partial charge in [-0.2, -0.15) is 0 Å². The lowest BCUT2D eigenvalue weighted by atomic mass is 10.3. The summed E-state index contributed by atoms with van der Waals surface area (Å²) in [5.74, 6) is 0. The molecule has 0 aliphatic rings. The fourth-order valence-electron chi connectivity index (χ4n) is 0.258. The maximum atomic E-state index is 8.34. The molecule has 3 heteroatoms. The normalized spacial score (nSPS) is 14.1. The maximum Gasteiger partial charge on any atom is 0.161 e. The molecule has 0 aliphatic carbocycles. The van der Waals surface area contributed by atoms with Gasteiger partial charge >= 0.3 is 0 Å². The molecule has 0 aliphatic heterocycles. The van der Waals surface area contributed by atoms with Gasteiger partial charge in [0.2, 0.25) is 0 Å². The molecule has 0 aromatic heterocycles. The summed E-state index contributed by atoms with van der Waals surface area (Å²) < 4.78 is 0. The Balaban J connectivity index is 2.99. The quantitative estimate of drug-likeness (QED) is 0.421. The Bertz CT molecular complexity index is 31.2. The molecule has 44 valence electrons. The summed E-state index contributed by atoms with van der Waals surface area (Å²) in [5, 5.41) is 17.8. The number of hydrogen-bond donors (Lipinski definition) is 2. The molecule has 0 saturated heterocycles. The molecule has 4 N–H and O–H groups in total. The van der Waals surface area contributed by atoms with Crippen LogP contribution in [0.5, 0.6) is 0 Å². The molecule has 7 heavy (non-hydrogen) atoms. The fourth-order valence-corrected chi connectivity index (χ4v) is 0.258. The highest BCUT2D eigenvalue weighted by atomic mass is 16.3. The van der Waals surface area contributed by atoms with E-state index in [1.165, 1.54) is 0 Å². The van der Waals surface area contributed by atoms with Crippen LogP contribution in [0.15, 0.2) is 0 Å². The van der Waals surface area contributed by atoms with Crippen molar-refractivity contribution in [1.82, 2.24) is 5.32 Å². The van der Waals surface area contributed by atoms with Crippen LogP contribution in [-0.4, -0.2) is 36.5 Å². The number of aliphatic hydroxyl groups is 1. The van der Waals surface area contributed by atoms with E-state index in [4.69, 9.17) is 10.2 Å². The van der Waals surface area contributed by atoms with Crippen molar-refractivity contribution in [1.29, 1.82) is 0 Å². The highest BCUT2D eigenvalue weighted by molar-refractivity contribution is 4.57. The summed E-state index contributed by atoms with van der Waals surface area (Å²) in [6, 6.07) is -0.0417. The average Bonchev–Trinajstić information content (AvgIpc) is 1.72. The zero-order valence-corrected chi connectivity index (χ0v) is 4.44. The summed E-state index contributed by atoms with van der Waals surface area (Å²) in [5.41, 5.74) is 0. The van der Waals surface area contributed by atoms with Gasteiger partial charge in [0.05, 0.1) is 12.6 Å². The Labute approximate surface area is 43.0 Å². The minimum absolute atomic E-state index is 0.0417. The van der Waals surface area contributed by atoms with Crippen LogP contribution in [0.1, 0.15) is 0 Å². The number of nitrogens with one attached hydrogen (secondary N) is 1. The molecule has 0 aromatic rings. The standard InChI is InChI=1S/C4H11NO2/c1-5-4(2-6)3-7/h4-7H,2-3H2,1H3/p+1. The van der Waals surface area contributed by atoms with Gasteiger partial charge < -0.3 is 15.5 Å². The zero-order valence-electron chi connectivity index (χ0n) is 4.44. The van der Waals surface area contributed by atoms with Crippen LogP contribution >= 0.6 is 0 Å². The maximum absolute atomic E-state index is 8.34. The van der Waals surface area contributed by atoms with E-state index in [1.807, 2.05) is 0 Å². The van der Waals surface area contributed by atoms with Crippen molar-refractivity contribution < 1.29 is 10.2 Å². The molecule has 0 aromatic carbocycles. The second kappa shape index (κ2) is 4.05. The Hall–Kier alpha value is -0.120. The molecular weight excluding hydrogens is 94.0 g/mol. The molecule has 0 saturated carbocycles. The lowest BCUT2D eigenvalue weighted by Crippen LogP contribution is -2.32. The lowest BCUT2D eigenvalue weighted by molar-refractivity contribution is 0.177. The smallest absolute Gasteiger partial charge is 0.161 e. The van der Waals surface area contributed by atoms with Crippen LogP contribution in [0.25, 0.3) is 0 Å². The predicted molar refractivity (Wildman–Crippen MR) is 28.4 cm³/mol. The highest BCUT2D eigenvalue weighted by Crippen LogP contribution is 1.72. The molecule has 3 nitrogen and oxygen atoms in total. The van der Waals surface area contributed by atoms with Crippen molar-refractivity contribution >= 4 is 0 Å². The van der Waals surface area contributed by atoms with E-state index in [9.17, 15) is 0 Å². The predicted octanol–water partition coefficient (Wildman–Crippen LogP) is -1.71. The van der Waals surface area contributed by atoms with Gasteiger partial charge in [-0.1, -0.05) is 0 Å². The molecule has 0 fully saturated rings. The van der Waals surface area contributed by atoms with E-state index in [2.05, 4.69) is 5.32 Å². The van der Waals surface area contributed by atoms with Crippen LogP contribution in [-0.2, 0) is 0 Å². The van der Waals surface area contributed by atoms with Crippen molar-refractivity contribution in [3.05, 3.63) is 0 Å². The third-order valence-electron chi connectivity index (χ3n) is 0.875. The average molecular weight is 106 g/mol. The third kappa shape index (κ3) is 2.56.